The molecule has 6 nitrogen and oxygen atoms in total. The standard InChI is InChI=1S/C15H17N3O3S/c1-10(13-4-3-7-22-13)17-14(20)9-21-15-6-5-12(8-16-15)18-11(2)19/h3-8,10H,9H2,1-2H3,(H,17,20)(H,18,19)/t10-/m0/s1. The molecule has 0 saturated carbocycles. The number of anilines is 1. The highest BCUT2D eigenvalue weighted by Crippen LogP contribution is 2.18. The van der Waals surface area contributed by atoms with Crippen LogP contribution in [0, 0.1) is 0 Å². The Morgan fingerprint density at radius 1 is 1.36 bits per heavy atom. The Kier molecular flexibility index (Phi) is 5.48. The first-order valence-corrected chi connectivity index (χ1v) is 7.62. The van der Waals surface area contributed by atoms with E-state index in [1.165, 1.54) is 13.1 Å². The fourth-order valence-corrected chi connectivity index (χ4v) is 2.51. The molecule has 2 heterocycles. The van der Waals surface area contributed by atoms with Gasteiger partial charge >= 0.3 is 0 Å². The van der Waals surface area contributed by atoms with Crippen molar-refractivity contribution in [3.8, 4) is 5.88 Å². The number of nitrogens with one attached hydrogen (secondary N) is 2. The molecule has 0 spiro atoms. The fraction of sp³-hybridized carbons (Fsp3) is 0.267. The molecule has 2 aromatic heterocycles. The number of amides is 2. The summed E-state index contributed by atoms with van der Waals surface area (Å²) in [5.74, 6) is -0.0564. The molecule has 2 N–H and O–H groups in total. The maximum atomic E-state index is 11.8. The summed E-state index contributed by atoms with van der Waals surface area (Å²) in [6.45, 7) is 3.23. The molecule has 2 rings (SSSR count). The Labute approximate surface area is 132 Å². The molecule has 0 aliphatic heterocycles. The monoisotopic (exact) mass is 319 g/mol. The Bertz CT molecular complexity index is 626. The molecule has 0 saturated heterocycles. The maximum absolute atomic E-state index is 11.8. The zero-order valence-electron chi connectivity index (χ0n) is 12.3. The van der Waals surface area contributed by atoms with Gasteiger partial charge in [-0.05, 0) is 24.4 Å². The van der Waals surface area contributed by atoms with Gasteiger partial charge in [-0.25, -0.2) is 4.98 Å². The summed E-state index contributed by atoms with van der Waals surface area (Å²) in [6.07, 6.45) is 1.48. The number of carbonyl (C=O) groups is 2. The van der Waals surface area contributed by atoms with Gasteiger partial charge in [-0.2, -0.15) is 0 Å². The minimum Gasteiger partial charge on any atom is -0.468 e. The molecular formula is C15H17N3O3S. The highest BCUT2D eigenvalue weighted by atomic mass is 32.1. The fourth-order valence-electron chi connectivity index (χ4n) is 1.77. The summed E-state index contributed by atoms with van der Waals surface area (Å²) in [5, 5.41) is 7.42. The van der Waals surface area contributed by atoms with Gasteiger partial charge < -0.3 is 15.4 Å². The van der Waals surface area contributed by atoms with Gasteiger partial charge in [0.15, 0.2) is 6.61 Å². The molecule has 0 fully saturated rings. The Balaban J connectivity index is 1.79. The number of carbonyl (C=O) groups excluding carboxylic acids is 2. The van der Waals surface area contributed by atoms with Crippen LogP contribution in [-0.2, 0) is 9.59 Å². The molecule has 0 radical (unpaired) electrons. The van der Waals surface area contributed by atoms with Crippen molar-refractivity contribution >= 4 is 28.8 Å². The van der Waals surface area contributed by atoms with Crippen LogP contribution >= 0.6 is 11.3 Å². The number of thiophene rings is 1. The molecule has 0 aliphatic carbocycles. The van der Waals surface area contributed by atoms with Crippen LogP contribution in [0.5, 0.6) is 5.88 Å². The molecule has 0 unspecified atom stereocenters. The average molecular weight is 319 g/mol. The summed E-state index contributed by atoms with van der Waals surface area (Å²) in [5.41, 5.74) is 0.579. The molecule has 2 aromatic rings. The van der Waals surface area contributed by atoms with Crippen LogP contribution in [0.15, 0.2) is 35.8 Å². The van der Waals surface area contributed by atoms with E-state index < -0.39 is 0 Å². The van der Waals surface area contributed by atoms with E-state index in [2.05, 4.69) is 15.6 Å². The third kappa shape index (κ3) is 4.85. The Morgan fingerprint density at radius 3 is 2.77 bits per heavy atom. The van der Waals surface area contributed by atoms with Gasteiger partial charge in [0, 0.05) is 17.9 Å². The summed E-state index contributed by atoms with van der Waals surface area (Å²) < 4.78 is 5.31. The van der Waals surface area contributed by atoms with Crippen LogP contribution in [0.4, 0.5) is 5.69 Å². The van der Waals surface area contributed by atoms with E-state index in [0.29, 0.717) is 11.6 Å². The van der Waals surface area contributed by atoms with Crippen LogP contribution in [-0.4, -0.2) is 23.4 Å². The van der Waals surface area contributed by atoms with Gasteiger partial charge in [-0.15, -0.1) is 11.3 Å². The molecule has 116 valence electrons. The molecule has 7 heteroatoms. The topological polar surface area (TPSA) is 80.3 Å². The second-order valence-corrected chi connectivity index (χ2v) is 5.64. The number of hydrogen-bond donors (Lipinski definition) is 2. The van der Waals surface area contributed by atoms with Crippen molar-refractivity contribution in [2.45, 2.75) is 19.9 Å². The van der Waals surface area contributed by atoms with E-state index in [4.69, 9.17) is 4.74 Å². The first-order valence-electron chi connectivity index (χ1n) is 6.74. The lowest BCUT2D eigenvalue weighted by Crippen LogP contribution is -2.31. The number of ether oxygens (including phenoxy) is 1. The van der Waals surface area contributed by atoms with Gasteiger partial charge in [-0.3, -0.25) is 9.59 Å². The zero-order chi connectivity index (χ0) is 15.9. The first kappa shape index (κ1) is 16.0. The lowest BCUT2D eigenvalue weighted by atomic mass is 10.3. The lowest BCUT2D eigenvalue weighted by molar-refractivity contribution is -0.123. The van der Waals surface area contributed by atoms with Crippen LogP contribution < -0.4 is 15.4 Å². The van der Waals surface area contributed by atoms with E-state index in [1.54, 1.807) is 23.5 Å². The van der Waals surface area contributed by atoms with Crippen LogP contribution in [0.2, 0.25) is 0 Å². The SMILES string of the molecule is CC(=O)Nc1ccc(OCC(=O)N[C@@H](C)c2cccs2)nc1. The van der Waals surface area contributed by atoms with Crippen molar-refractivity contribution in [3.05, 3.63) is 40.7 Å². The number of rotatable bonds is 6. The summed E-state index contributed by atoms with van der Waals surface area (Å²) in [6, 6.07) is 7.13. The summed E-state index contributed by atoms with van der Waals surface area (Å²) >= 11 is 1.59. The summed E-state index contributed by atoms with van der Waals surface area (Å²) in [7, 11) is 0. The van der Waals surface area contributed by atoms with Gasteiger partial charge in [0.05, 0.1) is 17.9 Å². The third-order valence-electron chi connectivity index (χ3n) is 2.76. The average Bonchev–Trinajstić information content (AvgIpc) is 3.00. The van der Waals surface area contributed by atoms with E-state index in [-0.39, 0.29) is 24.5 Å². The molecule has 2 amide bonds. The first-order chi connectivity index (χ1) is 10.5. The van der Waals surface area contributed by atoms with Gasteiger partial charge in [0.2, 0.25) is 11.8 Å². The maximum Gasteiger partial charge on any atom is 0.258 e. The van der Waals surface area contributed by atoms with E-state index in [0.717, 1.165) is 4.88 Å². The van der Waals surface area contributed by atoms with Crippen molar-refractivity contribution < 1.29 is 14.3 Å². The van der Waals surface area contributed by atoms with Gasteiger partial charge in [-0.1, -0.05) is 6.07 Å². The van der Waals surface area contributed by atoms with E-state index >= 15 is 0 Å². The number of pyridine rings is 1. The van der Waals surface area contributed by atoms with Crippen LogP contribution in [0.3, 0.4) is 0 Å². The highest BCUT2D eigenvalue weighted by molar-refractivity contribution is 7.10. The van der Waals surface area contributed by atoms with E-state index in [9.17, 15) is 9.59 Å². The second-order valence-electron chi connectivity index (χ2n) is 4.66. The zero-order valence-corrected chi connectivity index (χ0v) is 13.1. The second kappa shape index (κ2) is 7.56. The predicted molar refractivity (Wildman–Crippen MR) is 84.9 cm³/mol. The summed E-state index contributed by atoms with van der Waals surface area (Å²) in [4.78, 5) is 27.8. The van der Waals surface area contributed by atoms with Gasteiger partial charge in [0.25, 0.3) is 5.91 Å². The minimum atomic E-state index is -0.214. The molecule has 0 aromatic carbocycles. The Hall–Kier alpha value is -2.41. The quantitative estimate of drug-likeness (QED) is 0.856. The normalized spacial score (nSPS) is 11.5. The largest absolute Gasteiger partial charge is 0.468 e. The van der Waals surface area contributed by atoms with Crippen LogP contribution in [0.25, 0.3) is 0 Å². The molecule has 22 heavy (non-hydrogen) atoms. The van der Waals surface area contributed by atoms with Crippen LogP contribution in [0.1, 0.15) is 24.8 Å². The van der Waals surface area contributed by atoms with Crippen molar-refractivity contribution in [2.24, 2.45) is 0 Å². The number of aromatic nitrogens is 1. The Morgan fingerprint density at radius 2 is 2.18 bits per heavy atom. The van der Waals surface area contributed by atoms with E-state index in [1.807, 2.05) is 24.4 Å². The third-order valence-corrected chi connectivity index (χ3v) is 3.81. The smallest absolute Gasteiger partial charge is 0.258 e. The minimum absolute atomic E-state index is 0.0498. The van der Waals surface area contributed by atoms with Crippen molar-refractivity contribution in [2.75, 3.05) is 11.9 Å². The number of nitrogens with zero attached hydrogens (tertiary/aromatic N) is 1. The lowest BCUT2D eigenvalue weighted by Gasteiger charge is -2.12. The van der Waals surface area contributed by atoms with Crippen molar-refractivity contribution in [1.82, 2.24) is 10.3 Å². The predicted octanol–water partition coefficient (Wildman–Crippen LogP) is 2.36. The molecule has 0 aliphatic rings. The number of hydrogen-bond acceptors (Lipinski definition) is 5. The molecular weight excluding hydrogens is 302 g/mol. The van der Waals surface area contributed by atoms with Gasteiger partial charge in [0.1, 0.15) is 0 Å². The van der Waals surface area contributed by atoms with Crippen molar-refractivity contribution in [1.29, 1.82) is 0 Å². The molecule has 1 atom stereocenters. The highest BCUT2D eigenvalue weighted by Gasteiger charge is 2.11. The van der Waals surface area contributed by atoms with Crippen molar-refractivity contribution in [3.63, 3.8) is 0 Å². The molecule has 0 bridgehead atoms.